The molecule has 0 radical (unpaired) electrons. The van der Waals surface area contributed by atoms with Crippen LogP contribution >= 0.6 is 0 Å². The third kappa shape index (κ3) is 6.06. The van der Waals surface area contributed by atoms with E-state index < -0.39 is 19.3 Å². The molecule has 2 atom stereocenters. The van der Waals surface area contributed by atoms with Crippen molar-refractivity contribution < 1.29 is 8.63 Å². The van der Waals surface area contributed by atoms with E-state index in [-0.39, 0.29) is 15.8 Å². The van der Waals surface area contributed by atoms with Crippen LogP contribution in [0, 0.1) is 0 Å². The van der Waals surface area contributed by atoms with Gasteiger partial charge in [-0.15, -0.1) is 0 Å². The van der Waals surface area contributed by atoms with Gasteiger partial charge < -0.3 is 4.43 Å². The zero-order chi connectivity index (χ0) is 17.9. The van der Waals surface area contributed by atoms with E-state index in [1.807, 2.05) is 20.8 Å². The van der Waals surface area contributed by atoms with Gasteiger partial charge in [-0.1, -0.05) is 20.8 Å². The zero-order valence-electron chi connectivity index (χ0n) is 15.6. The van der Waals surface area contributed by atoms with Crippen molar-refractivity contribution in [1.29, 1.82) is 0 Å². The number of hydrogen-bond acceptors (Lipinski definition) is 4. The lowest BCUT2D eigenvalue weighted by molar-refractivity contribution is 0.255. The maximum atomic E-state index is 12.5. The highest BCUT2D eigenvalue weighted by molar-refractivity contribution is 7.84. The Bertz CT molecular complexity index is 524. The molecule has 1 aromatic heterocycles. The summed E-state index contributed by atoms with van der Waals surface area (Å²) in [6.07, 6.45) is 4.98. The Morgan fingerprint density at radius 3 is 2.26 bits per heavy atom. The average molecular weight is 358 g/mol. The molecule has 1 rings (SSSR count). The van der Waals surface area contributed by atoms with Crippen molar-refractivity contribution in [2.45, 2.75) is 70.5 Å². The Hall–Kier alpha value is -0.633. The number of nitrogens with zero attached hydrogens (tertiary/aromatic N) is 2. The predicted octanol–water partition coefficient (Wildman–Crippen LogP) is 3.59. The summed E-state index contributed by atoms with van der Waals surface area (Å²) in [4.78, 5) is 8.48. The minimum Gasteiger partial charge on any atom is -0.415 e. The van der Waals surface area contributed by atoms with Crippen LogP contribution in [0.4, 0.5) is 0 Å². The second-order valence-electron chi connectivity index (χ2n) is 8.25. The molecular weight excluding hydrogens is 326 g/mol. The Balaban J connectivity index is 2.92. The fourth-order valence-corrected chi connectivity index (χ4v) is 3.30. The highest BCUT2D eigenvalue weighted by Crippen LogP contribution is 2.37. The van der Waals surface area contributed by atoms with Gasteiger partial charge in [-0.3, -0.25) is 9.97 Å². The monoisotopic (exact) mass is 357 g/mol. The van der Waals surface area contributed by atoms with Crippen molar-refractivity contribution in [2.75, 3.05) is 6.61 Å². The summed E-state index contributed by atoms with van der Waals surface area (Å²) in [5.74, 6) is 0. The molecule has 0 aliphatic carbocycles. The van der Waals surface area contributed by atoms with Gasteiger partial charge in [-0.05, 0) is 38.9 Å². The first-order chi connectivity index (χ1) is 10.3. The highest BCUT2D eigenvalue weighted by atomic mass is 32.2. The number of hydrogen-bond donors (Lipinski definition) is 1. The highest BCUT2D eigenvalue weighted by Gasteiger charge is 2.38. The molecule has 0 saturated carbocycles. The minimum absolute atomic E-state index is 0.128. The molecule has 0 saturated heterocycles. The molecule has 0 aromatic carbocycles. The summed E-state index contributed by atoms with van der Waals surface area (Å²) >= 11 is 0. The summed E-state index contributed by atoms with van der Waals surface area (Å²) in [6.45, 7) is 17.3. The molecule has 23 heavy (non-hydrogen) atoms. The molecule has 7 heteroatoms. The normalized spacial score (nSPS) is 16.2. The largest absolute Gasteiger partial charge is 0.415 e. The van der Waals surface area contributed by atoms with Crippen molar-refractivity contribution in [3.05, 3.63) is 24.3 Å². The minimum atomic E-state index is -1.88. The Morgan fingerprint density at radius 1 is 1.22 bits per heavy atom. The molecule has 0 bridgehead atoms. The average Bonchev–Trinajstić information content (AvgIpc) is 2.41. The molecule has 1 N–H and O–H groups in total. The molecule has 0 spiro atoms. The van der Waals surface area contributed by atoms with Crippen molar-refractivity contribution in [1.82, 2.24) is 14.7 Å². The molecule has 0 aliphatic heterocycles. The lowest BCUT2D eigenvalue weighted by atomic mass is 10.2. The Labute approximate surface area is 144 Å². The first-order valence-corrected chi connectivity index (χ1v) is 12.0. The van der Waals surface area contributed by atoms with Crippen molar-refractivity contribution in [3.63, 3.8) is 0 Å². The van der Waals surface area contributed by atoms with Crippen LogP contribution in [0.25, 0.3) is 0 Å². The molecule has 1 heterocycles. The van der Waals surface area contributed by atoms with E-state index >= 15 is 0 Å². The SMILES string of the molecule is CC(C)(C)S(=O)N[C@@H](CO[Si](C)(C)C(C)(C)C)c1cnccn1. The molecule has 0 amide bonds. The third-order valence-electron chi connectivity index (χ3n) is 4.16. The van der Waals surface area contributed by atoms with Crippen LogP contribution in [-0.2, 0) is 15.4 Å². The standard InChI is InChI=1S/C16H31N3O2SSi/c1-15(2,3)22(20)19-14(13-11-17-9-10-18-13)12-21-23(7,8)16(4,5)6/h9-11,14,19H,12H2,1-8H3/t14-,22?/m0/s1. The van der Waals surface area contributed by atoms with Gasteiger partial charge in [0.25, 0.3) is 0 Å². The first kappa shape index (κ1) is 20.4. The van der Waals surface area contributed by atoms with Gasteiger partial charge in [-0.25, -0.2) is 8.93 Å². The van der Waals surface area contributed by atoms with E-state index in [1.54, 1.807) is 18.6 Å². The van der Waals surface area contributed by atoms with E-state index in [0.717, 1.165) is 5.69 Å². The van der Waals surface area contributed by atoms with Gasteiger partial charge in [0.2, 0.25) is 0 Å². The predicted molar refractivity (Wildman–Crippen MR) is 99.0 cm³/mol. The van der Waals surface area contributed by atoms with Crippen molar-refractivity contribution >= 4 is 19.3 Å². The Kier molecular flexibility index (Phi) is 6.66. The molecular formula is C16H31N3O2SSi. The molecule has 0 aliphatic rings. The van der Waals surface area contributed by atoms with Crippen LogP contribution in [0.1, 0.15) is 53.3 Å². The van der Waals surface area contributed by atoms with Crippen LogP contribution in [0.3, 0.4) is 0 Å². The summed E-state index contributed by atoms with van der Waals surface area (Å²) in [5.41, 5.74) is 0.754. The van der Waals surface area contributed by atoms with Crippen molar-refractivity contribution in [2.24, 2.45) is 0 Å². The number of rotatable bonds is 6. The lowest BCUT2D eigenvalue weighted by Gasteiger charge is -2.37. The van der Waals surface area contributed by atoms with E-state index in [1.165, 1.54) is 0 Å². The summed E-state index contributed by atoms with van der Waals surface area (Å²) in [6, 6.07) is -0.238. The number of nitrogens with one attached hydrogen (secondary N) is 1. The van der Waals surface area contributed by atoms with Crippen LogP contribution in [-0.4, -0.2) is 33.8 Å². The van der Waals surface area contributed by atoms with Crippen molar-refractivity contribution in [3.8, 4) is 0 Å². The second kappa shape index (κ2) is 7.50. The molecule has 5 nitrogen and oxygen atoms in total. The van der Waals surface area contributed by atoms with Gasteiger partial charge in [0.05, 0.1) is 40.3 Å². The molecule has 1 unspecified atom stereocenters. The van der Waals surface area contributed by atoms with Gasteiger partial charge >= 0.3 is 0 Å². The first-order valence-electron chi connectivity index (χ1n) is 7.92. The van der Waals surface area contributed by atoms with E-state index in [2.05, 4.69) is 48.6 Å². The fraction of sp³-hybridized carbons (Fsp3) is 0.750. The smallest absolute Gasteiger partial charge is 0.192 e. The second-order valence-corrected chi connectivity index (χ2v) is 15.1. The third-order valence-corrected chi connectivity index (χ3v) is 10.3. The Morgan fingerprint density at radius 2 is 1.83 bits per heavy atom. The topological polar surface area (TPSA) is 64.1 Å². The molecule has 0 fully saturated rings. The van der Waals surface area contributed by atoms with E-state index in [4.69, 9.17) is 4.43 Å². The van der Waals surface area contributed by atoms with Gasteiger partial charge in [0.1, 0.15) is 0 Å². The lowest BCUT2D eigenvalue weighted by Crippen LogP contribution is -2.44. The summed E-state index contributed by atoms with van der Waals surface area (Å²) in [5, 5.41) is 0.128. The van der Waals surface area contributed by atoms with Crippen LogP contribution in [0.2, 0.25) is 18.1 Å². The molecule has 1 aromatic rings. The van der Waals surface area contributed by atoms with Gasteiger partial charge in [0.15, 0.2) is 8.32 Å². The van der Waals surface area contributed by atoms with Crippen LogP contribution < -0.4 is 4.72 Å². The van der Waals surface area contributed by atoms with Crippen LogP contribution in [0.5, 0.6) is 0 Å². The van der Waals surface area contributed by atoms with Gasteiger partial charge in [0, 0.05) is 12.4 Å². The maximum Gasteiger partial charge on any atom is 0.192 e. The van der Waals surface area contributed by atoms with Gasteiger partial charge in [-0.2, -0.15) is 0 Å². The van der Waals surface area contributed by atoms with E-state index in [9.17, 15) is 4.21 Å². The van der Waals surface area contributed by atoms with Crippen LogP contribution in [0.15, 0.2) is 18.6 Å². The quantitative estimate of drug-likeness (QED) is 0.790. The maximum absolute atomic E-state index is 12.5. The fourth-order valence-electron chi connectivity index (χ4n) is 1.48. The molecule has 132 valence electrons. The number of aromatic nitrogens is 2. The summed E-state index contributed by atoms with van der Waals surface area (Å²) in [7, 11) is -3.08. The zero-order valence-corrected chi connectivity index (χ0v) is 17.5. The summed E-state index contributed by atoms with van der Waals surface area (Å²) < 4.78 is 21.6. The van der Waals surface area contributed by atoms with E-state index in [0.29, 0.717) is 6.61 Å².